The molecule has 0 bridgehead atoms. The Bertz CT molecular complexity index is 1410. The number of benzene rings is 1. The Hall–Kier alpha value is -3.93. The third kappa shape index (κ3) is 4.56. The molecule has 3 heterocycles. The van der Waals surface area contributed by atoms with Crippen molar-refractivity contribution in [1.29, 1.82) is 0 Å². The van der Waals surface area contributed by atoms with E-state index in [0.717, 1.165) is 51.8 Å². The molecule has 0 fully saturated rings. The first kappa shape index (κ1) is 22.8. The topological polar surface area (TPSA) is 148 Å². The van der Waals surface area contributed by atoms with E-state index >= 15 is 0 Å². The zero-order chi connectivity index (χ0) is 24.5. The van der Waals surface area contributed by atoms with E-state index in [4.69, 9.17) is 5.11 Å². The highest BCUT2D eigenvalue weighted by molar-refractivity contribution is 7.19. The van der Waals surface area contributed by atoms with Crippen LogP contribution in [0.2, 0.25) is 0 Å². The van der Waals surface area contributed by atoms with Gasteiger partial charge in [-0.3, -0.25) is 9.89 Å². The van der Waals surface area contributed by atoms with Crippen molar-refractivity contribution < 1.29 is 14.7 Å². The SMILES string of the molecule is CN(C)C(=O)[C@H]1CCc2c(sc3ncnc(Nc4cc5cn[nH]c5cc4NCCNC(=O)O)c23)C1. The Labute approximate surface area is 204 Å². The quantitative estimate of drug-likeness (QED) is 0.246. The van der Waals surface area contributed by atoms with Crippen LogP contribution < -0.4 is 16.0 Å². The minimum Gasteiger partial charge on any atom is -0.465 e. The number of fused-ring (bicyclic) bond motifs is 4. The summed E-state index contributed by atoms with van der Waals surface area (Å²) < 4.78 is 0. The number of carboxylic acid groups (broad SMARTS) is 1. The van der Waals surface area contributed by atoms with Crippen LogP contribution in [0.15, 0.2) is 24.7 Å². The Balaban J connectivity index is 1.47. The van der Waals surface area contributed by atoms with E-state index in [1.54, 1.807) is 42.9 Å². The van der Waals surface area contributed by atoms with Gasteiger partial charge in [0.25, 0.3) is 0 Å². The number of rotatable bonds is 7. The number of hydrogen-bond donors (Lipinski definition) is 5. The summed E-state index contributed by atoms with van der Waals surface area (Å²) >= 11 is 1.63. The molecule has 1 aliphatic rings. The number of amides is 2. The molecule has 0 saturated heterocycles. The third-order valence-corrected chi connectivity index (χ3v) is 7.35. The van der Waals surface area contributed by atoms with Crippen molar-refractivity contribution in [2.75, 3.05) is 37.8 Å². The average Bonchev–Trinajstić information content (AvgIpc) is 3.44. The van der Waals surface area contributed by atoms with Crippen molar-refractivity contribution in [2.45, 2.75) is 19.3 Å². The number of carbonyl (C=O) groups excluding carboxylic acids is 1. The van der Waals surface area contributed by atoms with Gasteiger partial charge in [0.15, 0.2) is 0 Å². The maximum Gasteiger partial charge on any atom is 0.404 e. The van der Waals surface area contributed by atoms with Crippen LogP contribution in [-0.2, 0) is 17.6 Å². The lowest BCUT2D eigenvalue weighted by Crippen LogP contribution is -2.32. The first-order valence-corrected chi connectivity index (χ1v) is 12.1. The lowest BCUT2D eigenvalue weighted by atomic mass is 9.87. The number of hydrogen-bond acceptors (Lipinski definition) is 8. The lowest BCUT2D eigenvalue weighted by Gasteiger charge is -2.24. The maximum atomic E-state index is 12.5. The fourth-order valence-electron chi connectivity index (χ4n) is 4.52. The molecule has 12 heteroatoms. The van der Waals surface area contributed by atoms with E-state index in [-0.39, 0.29) is 18.4 Å². The molecule has 35 heavy (non-hydrogen) atoms. The number of nitrogens with one attached hydrogen (secondary N) is 4. The summed E-state index contributed by atoms with van der Waals surface area (Å²) in [6.07, 6.45) is 4.56. The second kappa shape index (κ2) is 9.37. The van der Waals surface area contributed by atoms with Crippen LogP contribution >= 0.6 is 11.3 Å². The highest BCUT2D eigenvalue weighted by Gasteiger charge is 2.30. The molecule has 0 spiro atoms. The molecule has 1 aromatic carbocycles. The fourth-order valence-corrected chi connectivity index (χ4v) is 5.78. The summed E-state index contributed by atoms with van der Waals surface area (Å²) in [7, 11) is 3.60. The second-order valence-electron chi connectivity index (χ2n) is 8.72. The highest BCUT2D eigenvalue weighted by Crippen LogP contribution is 2.41. The van der Waals surface area contributed by atoms with Crippen LogP contribution in [0.4, 0.5) is 22.0 Å². The van der Waals surface area contributed by atoms with Gasteiger partial charge in [0.05, 0.1) is 28.5 Å². The molecule has 0 saturated carbocycles. The molecule has 5 N–H and O–H groups in total. The van der Waals surface area contributed by atoms with Gasteiger partial charge in [0.2, 0.25) is 5.91 Å². The van der Waals surface area contributed by atoms with Gasteiger partial charge >= 0.3 is 6.09 Å². The Morgan fingerprint density at radius 2 is 2.09 bits per heavy atom. The van der Waals surface area contributed by atoms with Crippen LogP contribution in [0, 0.1) is 5.92 Å². The maximum absolute atomic E-state index is 12.5. The van der Waals surface area contributed by atoms with Crippen molar-refractivity contribution in [3.05, 3.63) is 35.1 Å². The molecular weight excluding hydrogens is 468 g/mol. The molecule has 11 nitrogen and oxygen atoms in total. The van der Waals surface area contributed by atoms with Crippen LogP contribution in [0.5, 0.6) is 0 Å². The zero-order valence-electron chi connectivity index (χ0n) is 19.4. The van der Waals surface area contributed by atoms with Gasteiger partial charge in [-0.25, -0.2) is 14.8 Å². The van der Waals surface area contributed by atoms with Gasteiger partial charge < -0.3 is 26.0 Å². The largest absolute Gasteiger partial charge is 0.465 e. The minimum absolute atomic E-state index is 0.00589. The first-order chi connectivity index (χ1) is 16.9. The smallest absolute Gasteiger partial charge is 0.404 e. The molecule has 3 aromatic heterocycles. The van der Waals surface area contributed by atoms with Gasteiger partial charge in [-0.1, -0.05) is 0 Å². The molecule has 182 valence electrons. The number of thiophene rings is 1. The van der Waals surface area contributed by atoms with Crippen molar-refractivity contribution in [1.82, 2.24) is 30.4 Å². The number of anilines is 3. The number of aromatic nitrogens is 4. The molecule has 2 amide bonds. The second-order valence-corrected chi connectivity index (χ2v) is 9.80. The number of carbonyl (C=O) groups is 2. The first-order valence-electron chi connectivity index (χ1n) is 11.3. The lowest BCUT2D eigenvalue weighted by molar-refractivity contribution is -0.133. The van der Waals surface area contributed by atoms with Crippen molar-refractivity contribution in [3.8, 4) is 0 Å². The van der Waals surface area contributed by atoms with Gasteiger partial charge in [-0.2, -0.15) is 5.10 Å². The summed E-state index contributed by atoms with van der Waals surface area (Å²) in [6, 6.07) is 3.91. The molecule has 1 aliphatic carbocycles. The Morgan fingerprint density at radius 3 is 2.89 bits per heavy atom. The van der Waals surface area contributed by atoms with E-state index < -0.39 is 6.09 Å². The monoisotopic (exact) mass is 494 g/mol. The third-order valence-electron chi connectivity index (χ3n) is 6.18. The predicted octanol–water partition coefficient (Wildman–Crippen LogP) is 3.18. The number of aryl methyl sites for hydroxylation is 1. The van der Waals surface area contributed by atoms with E-state index in [1.165, 1.54) is 10.4 Å². The molecule has 1 atom stereocenters. The summed E-state index contributed by atoms with van der Waals surface area (Å²) in [5, 5.41) is 27.0. The summed E-state index contributed by atoms with van der Waals surface area (Å²) in [6.45, 7) is 0.674. The number of aromatic amines is 1. The average molecular weight is 495 g/mol. The van der Waals surface area contributed by atoms with Gasteiger partial charge in [-0.05, 0) is 37.0 Å². The van der Waals surface area contributed by atoms with Crippen LogP contribution in [0.3, 0.4) is 0 Å². The van der Waals surface area contributed by atoms with Crippen molar-refractivity contribution >= 4 is 61.6 Å². The van der Waals surface area contributed by atoms with Gasteiger partial charge in [-0.15, -0.1) is 11.3 Å². The Kier molecular flexibility index (Phi) is 6.12. The summed E-state index contributed by atoms with van der Waals surface area (Å²) in [5.74, 6) is 0.868. The minimum atomic E-state index is -1.06. The summed E-state index contributed by atoms with van der Waals surface area (Å²) in [4.78, 5) is 36.1. The standard InChI is InChI=1S/C23H26N8O3S/c1-31(2)22(32)12-3-4-14-18(8-12)35-21-19(14)20(26-11-27-21)29-17-7-13-10-28-30-15(13)9-16(17)24-5-6-25-23(33)34/h7,9-12,24-25H,3-6,8H2,1-2H3,(H,28,30)(H,33,34)(H,26,27,29)/t12-/m0/s1. The van der Waals surface area contributed by atoms with Crippen LogP contribution in [-0.4, -0.2) is 69.4 Å². The van der Waals surface area contributed by atoms with E-state index in [0.29, 0.717) is 12.4 Å². The molecule has 0 aliphatic heterocycles. The summed E-state index contributed by atoms with van der Waals surface area (Å²) in [5.41, 5.74) is 3.66. The number of H-pyrrole nitrogens is 1. The fraction of sp³-hybridized carbons (Fsp3) is 0.348. The van der Waals surface area contributed by atoms with E-state index in [1.807, 2.05) is 12.1 Å². The van der Waals surface area contributed by atoms with Gasteiger partial charge in [0, 0.05) is 43.4 Å². The molecular formula is C23H26N8O3S. The molecule has 4 aromatic rings. The molecule has 5 rings (SSSR count). The Morgan fingerprint density at radius 1 is 1.23 bits per heavy atom. The number of nitrogens with zero attached hydrogens (tertiary/aromatic N) is 4. The zero-order valence-corrected chi connectivity index (χ0v) is 20.2. The van der Waals surface area contributed by atoms with E-state index in [2.05, 4.69) is 36.1 Å². The van der Waals surface area contributed by atoms with Gasteiger partial charge in [0.1, 0.15) is 17.0 Å². The van der Waals surface area contributed by atoms with E-state index in [9.17, 15) is 9.59 Å². The molecule has 0 unspecified atom stereocenters. The van der Waals surface area contributed by atoms with Crippen LogP contribution in [0.25, 0.3) is 21.1 Å². The normalized spacial score (nSPS) is 15.1. The highest BCUT2D eigenvalue weighted by atomic mass is 32.1. The van der Waals surface area contributed by atoms with Crippen molar-refractivity contribution in [3.63, 3.8) is 0 Å². The molecule has 0 radical (unpaired) electrons. The van der Waals surface area contributed by atoms with Crippen LogP contribution in [0.1, 0.15) is 16.9 Å². The van der Waals surface area contributed by atoms with Crippen molar-refractivity contribution in [2.24, 2.45) is 5.92 Å². The predicted molar refractivity (Wildman–Crippen MR) is 136 cm³/mol.